The van der Waals surface area contributed by atoms with Gasteiger partial charge in [0.15, 0.2) is 0 Å². The molecule has 16 heavy (non-hydrogen) atoms. The summed E-state index contributed by atoms with van der Waals surface area (Å²) in [4.78, 5) is 0. The van der Waals surface area contributed by atoms with Crippen molar-refractivity contribution in [3.8, 4) is 0 Å². The first-order valence-corrected chi connectivity index (χ1v) is 6.81. The zero-order chi connectivity index (χ0) is 12.1. The van der Waals surface area contributed by atoms with Gasteiger partial charge in [-0.1, -0.05) is 54.8 Å². The zero-order valence-corrected chi connectivity index (χ0v) is 12.0. The molecule has 90 valence electrons. The molecule has 1 atom stereocenters. The van der Waals surface area contributed by atoms with E-state index in [-0.39, 0.29) is 6.04 Å². The predicted molar refractivity (Wildman–Crippen MR) is 74.5 cm³/mol. The molecule has 0 amide bonds. The third-order valence-corrected chi connectivity index (χ3v) is 3.80. The van der Waals surface area contributed by atoms with Crippen LogP contribution in [0.4, 0.5) is 0 Å². The summed E-state index contributed by atoms with van der Waals surface area (Å²) >= 11 is 3.51. The average molecular weight is 284 g/mol. The van der Waals surface area contributed by atoms with Crippen molar-refractivity contribution in [2.75, 3.05) is 0 Å². The van der Waals surface area contributed by atoms with E-state index in [1.54, 1.807) is 0 Å². The highest BCUT2D eigenvalue weighted by Gasteiger charge is 2.07. The molecule has 0 aliphatic heterocycles. The largest absolute Gasteiger partial charge is 0.324 e. The lowest BCUT2D eigenvalue weighted by atomic mass is 9.98. The molecule has 0 fully saturated rings. The Kier molecular flexibility index (Phi) is 5.50. The summed E-state index contributed by atoms with van der Waals surface area (Å²) in [6.45, 7) is 6.62. The number of hydrogen-bond donors (Lipinski definition) is 1. The lowest BCUT2D eigenvalue weighted by molar-refractivity contribution is 0.505. The smallest absolute Gasteiger partial charge is 0.0294 e. The molecule has 0 saturated carbocycles. The highest BCUT2D eigenvalue weighted by Crippen LogP contribution is 2.23. The monoisotopic (exact) mass is 283 g/mol. The van der Waals surface area contributed by atoms with Gasteiger partial charge in [-0.3, -0.25) is 0 Å². The van der Waals surface area contributed by atoms with Crippen molar-refractivity contribution >= 4 is 15.9 Å². The van der Waals surface area contributed by atoms with E-state index in [2.05, 4.69) is 54.9 Å². The van der Waals surface area contributed by atoms with Gasteiger partial charge in [0.05, 0.1) is 0 Å². The van der Waals surface area contributed by atoms with Crippen molar-refractivity contribution < 1.29 is 0 Å². The highest BCUT2D eigenvalue weighted by atomic mass is 79.9. The summed E-state index contributed by atoms with van der Waals surface area (Å²) in [6.07, 6.45) is 3.57. The lowest BCUT2D eigenvalue weighted by Gasteiger charge is -2.14. The molecular weight excluding hydrogens is 262 g/mol. The number of halogens is 1. The summed E-state index contributed by atoms with van der Waals surface area (Å²) < 4.78 is 1.16. The summed E-state index contributed by atoms with van der Waals surface area (Å²) in [5, 5.41) is 0. The minimum atomic E-state index is 0.186. The average Bonchev–Trinajstić information content (AvgIpc) is 2.21. The third kappa shape index (κ3) is 4.26. The molecule has 1 nitrogen and oxygen atoms in total. The van der Waals surface area contributed by atoms with Gasteiger partial charge in [0, 0.05) is 10.5 Å². The third-order valence-electron chi connectivity index (χ3n) is 2.91. The van der Waals surface area contributed by atoms with Crippen LogP contribution >= 0.6 is 15.9 Å². The van der Waals surface area contributed by atoms with Crippen LogP contribution in [0, 0.1) is 12.8 Å². The first-order valence-electron chi connectivity index (χ1n) is 6.02. The minimum Gasteiger partial charge on any atom is -0.324 e. The second-order valence-electron chi connectivity index (χ2n) is 4.94. The second kappa shape index (κ2) is 6.41. The molecule has 0 aliphatic carbocycles. The van der Waals surface area contributed by atoms with Crippen molar-refractivity contribution in [3.05, 3.63) is 33.8 Å². The van der Waals surface area contributed by atoms with Gasteiger partial charge in [-0.05, 0) is 36.5 Å². The van der Waals surface area contributed by atoms with E-state index in [4.69, 9.17) is 5.73 Å². The molecule has 1 rings (SSSR count). The van der Waals surface area contributed by atoms with Crippen LogP contribution in [0.15, 0.2) is 22.7 Å². The van der Waals surface area contributed by atoms with Gasteiger partial charge in [0.25, 0.3) is 0 Å². The van der Waals surface area contributed by atoms with E-state index in [0.29, 0.717) is 0 Å². The van der Waals surface area contributed by atoms with E-state index in [1.165, 1.54) is 24.0 Å². The molecule has 0 spiro atoms. The molecular formula is C14H22BrN. The van der Waals surface area contributed by atoms with Gasteiger partial charge in [-0.2, -0.15) is 0 Å². The van der Waals surface area contributed by atoms with Crippen LogP contribution in [-0.2, 0) is 0 Å². The Hall–Kier alpha value is -0.340. The number of aryl methyl sites for hydroxylation is 1. The number of hydrogen-bond acceptors (Lipinski definition) is 1. The Morgan fingerprint density at radius 2 is 1.94 bits per heavy atom. The number of nitrogens with two attached hydrogens (primary N) is 1. The number of rotatable bonds is 5. The molecule has 0 radical (unpaired) electrons. The molecule has 0 aromatic heterocycles. The van der Waals surface area contributed by atoms with E-state index in [0.717, 1.165) is 16.8 Å². The summed E-state index contributed by atoms with van der Waals surface area (Å²) in [6, 6.07) is 6.58. The zero-order valence-electron chi connectivity index (χ0n) is 10.5. The van der Waals surface area contributed by atoms with E-state index < -0.39 is 0 Å². The van der Waals surface area contributed by atoms with Crippen molar-refractivity contribution in [2.45, 2.75) is 46.1 Å². The normalized spacial score (nSPS) is 13.1. The fraction of sp³-hybridized carbons (Fsp3) is 0.571. The van der Waals surface area contributed by atoms with Crippen molar-refractivity contribution in [1.82, 2.24) is 0 Å². The Balaban J connectivity index is 2.52. The second-order valence-corrected chi connectivity index (χ2v) is 5.79. The Bertz CT molecular complexity index is 334. The Morgan fingerprint density at radius 1 is 1.25 bits per heavy atom. The fourth-order valence-corrected chi connectivity index (χ4v) is 2.06. The van der Waals surface area contributed by atoms with E-state index in [9.17, 15) is 0 Å². The molecule has 0 heterocycles. The first kappa shape index (κ1) is 13.7. The van der Waals surface area contributed by atoms with Crippen LogP contribution in [0.5, 0.6) is 0 Å². The van der Waals surface area contributed by atoms with Crippen LogP contribution in [0.25, 0.3) is 0 Å². The fourth-order valence-electron chi connectivity index (χ4n) is 1.81. The van der Waals surface area contributed by atoms with Crippen LogP contribution in [-0.4, -0.2) is 0 Å². The number of benzene rings is 1. The van der Waals surface area contributed by atoms with Crippen LogP contribution < -0.4 is 5.73 Å². The first-order chi connectivity index (χ1) is 7.50. The van der Waals surface area contributed by atoms with Crippen LogP contribution in [0.2, 0.25) is 0 Å². The predicted octanol–water partition coefficient (Wildman–Crippen LogP) is 4.58. The summed E-state index contributed by atoms with van der Waals surface area (Å²) in [5.74, 6) is 0.777. The van der Waals surface area contributed by atoms with Gasteiger partial charge in [-0.25, -0.2) is 0 Å². The lowest BCUT2D eigenvalue weighted by Crippen LogP contribution is -2.10. The maximum Gasteiger partial charge on any atom is 0.0294 e. The Morgan fingerprint density at radius 3 is 2.50 bits per heavy atom. The summed E-state index contributed by atoms with van der Waals surface area (Å²) in [5.41, 5.74) is 8.70. The SMILES string of the molecule is Cc1cc(C(N)CCCC(C)C)ccc1Br. The topological polar surface area (TPSA) is 26.0 Å². The van der Waals surface area contributed by atoms with Gasteiger partial charge in [0.2, 0.25) is 0 Å². The van der Waals surface area contributed by atoms with E-state index >= 15 is 0 Å². The van der Waals surface area contributed by atoms with Crippen LogP contribution in [0.1, 0.15) is 50.3 Å². The maximum absolute atomic E-state index is 6.18. The molecule has 1 aromatic carbocycles. The molecule has 2 N–H and O–H groups in total. The van der Waals surface area contributed by atoms with Crippen molar-refractivity contribution in [2.24, 2.45) is 11.7 Å². The van der Waals surface area contributed by atoms with Crippen molar-refractivity contribution in [3.63, 3.8) is 0 Å². The Labute approximate surface area is 108 Å². The standard InChI is InChI=1S/C14H22BrN/c1-10(2)5-4-6-14(16)12-7-8-13(15)11(3)9-12/h7-10,14H,4-6,16H2,1-3H3. The van der Waals surface area contributed by atoms with E-state index in [1.807, 2.05) is 0 Å². The highest BCUT2D eigenvalue weighted by molar-refractivity contribution is 9.10. The maximum atomic E-state index is 6.18. The summed E-state index contributed by atoms with van der Waals surface area (Å²) in [7, 11) is 0. The molecule has 0 bridgehead atoms. The minimum absolute atomic E-state index is 0.186. The molecule has 0 saturated heterocycles. The van der Waals surface area contributed by atoms with Crippen LogP contribution in [0.3, 0.4) is 0 Å². The van der Waals surface area contributed by atoms with Gasteiger partial charge < -0.3 is 5.73 Å². The molecule has 0 aliphatic rings. The van der Waals surface area contributed by atoms with Gasteiger partial charge >= 0.3 is 0 Å². The molecule has 1 aromatic rings. The van der Waals surface area contributed by atoms with Gasteiger partial charge in [0.1, 0.15) is 0 Å². The molecule has 2 heteroatoms. The van der Waals surface area contributed by atoms with Crippen molar-refractivity contribution in [1.29, 1.82) is 0 Å². The molecule has 1 unspecified atom stereocenters. The van der Waals surface area contributed by atoms with Gasteiger partial charge in [-0.15, -0.1) is 0 Å². The quantitative estimate of drug-likeness (QED) is 0.841.